The first-order chi connectivity index (χ1) is 12.7. The Balaban J connectivity index is 3.17. The molecule has 0 heterocycles. The minimum Gasteiger partial charge on any atom is -0.476 e. The zero-order valence-corrected chi connectivity index (χ0v) is 16.0. The maximum absolute atomic E-state index is 13.4. The number of urea groups is 1. The summed E-state index contributed by atoms with van der Waals surface area (Å²) in [6, 6.07) is 3.22. The quantitative estimate of drug-likeness (QED) is 0.144. The largest absolute Gasteiger partial charge is 0.476 e. The van der Waals surface area contributed by atoms with E-state index in [-0.39, 0.29) is 34.5 Å². The molecule has 0 aliphatic carbocycles. The molecule has 0 aromatic heterocycles. The van der Waals surface area contributed by atoms with Crippen molar-refractivity contribution in [3.63, 3.8) is 0 Å². The number of carbonyl (C=O) groups excluding carboxylic acids is 1. The molecule has 0 spiro atoms. The standard InChI is InChI=1S/C17H22ClF2N5O2/c1-4-5-9-15(18)23-11(2)27-10-13-12(16(19)20)7-6-8-14(13)25(22)17(26)24(3)21/h4-9,16H,10,21-22H2,1-3H3/b5-4-,15-9-,23-11?. The molecule has 0 unspecified atom stereocenters. The van der Waals surface area contributed by atoms with Crippen LogP contribution in [0.2, 0.25) is 0 Å². The fourth-order valence-corrected chi connectivity index (χ4v) is 2.22. The Morgan fingerprint density at radius 1 is 1.41 bits per heavy atom. The van der Waals surface area contributed by atoms with E-state index in [4.69, 9.17) is 28.0 Å². The molecule has 27 heavy (non-hydrogen) atoms. The number of hydrogen-bond acceptors (Lipinski definition) is 5. The summed E-state index contributed by atoms with van der Waals surface area (Å²) < 4.78 is 32.2. The Kier molecular flexibility index (Phi) is 8.86. The summed E-state index contributed by atoms with van der Waals surface area (Å²) in [6.45, 7) is 3.04. The van der Waals surface area contributed by atoms with Crippen LogP contribution >= 0.6 is 11.6 Å². The second-order valence-electron chi connectivity index (χ2n) is 5.34. The van der Waals surface area contributed by atoms with Crippen LogP contribution in [0.4, 0.5) is 19.3 Å². The Morgan fingerprint density at radius 3 is 2.63 bits per heavy atom. The van der Waals surface area contributed by atoms with E-state index in [0.717, 1.165) is 5.01 Å². The number of ether oxygens (including phenoxy) is 1. The molecule has 2 amide bonds. The van der Waals surface area contributed by atoms with E-state index in [0.29, 0.717) is 5.01 Å². The number of hydrazine groups is 2. The molecule has 1 rings (SSSR count). The lowest BCUT2D eigenvalue weighted by molar-refractivity contribution is 0.147. The maximum atomic E-state index is 13.4. The zero-order valence-electron chi connectivity index (χ0n) is 15.2. The van der Waals surface area contributed by atoms with Crippen LogP contribution in [0, 0.1) is 0 Å². The van der Waals surface area contributed by atoms with E-state index in [1.807, 2.05) is 6.92 Å². The van der Waals surface area contributed by atoms with Gasteiger partial charge in [0.15, 0.2) is 5.90 Å². The van der Waals surface area contributed by atoms with Crippen molar-refractivity contribution in [1.29, 1.82) is 0 Å². The summed E-state index contributed by atoms with van der Waals surface area (Å²) in [5.41, 5.74) is -0.245. The highest BCUT2D eigenvalue weighted by Gasteiger charge is 2.23. The molecule has 0 aliphatic heterocycles. The predicted octanol–water partition coefficient (Wildman–Crippen LogP) is 3.82. The number of benzene rings is 1. The van der Waals surface area contributed by atoms with Crippen LogP contribution in [0.1, 0.15) is 31.4 Å². The van der Waals surface area contributed by atoms with Crippen molar-refractivity contribution < 1.29 is 18.3 Å². The van der Waals surface area contributed by atoms with E-state index in [1.165, 1.54) is 32.2 Å². The Hall–Kier alpha value is -2.49. The molecule has 0 bridgehead atoms. The van der Waals surface area contributed by atoms with Gasteiger partial charge in [-0.2, -0.15) is 0 Å². The van der Waals surface area contributed by atoms with Gasteiger partial charge in [0, 0.05) is 25.1 Å². The highest BCUT2D eigenvalue weighted by Crippen LogP contribution is 2.31. The molecule has 0 atom stereocenters. The Bertz CT molecular complexity index is 751. The van der Waals surface area contributed by atoms with E-state index < -0.39 is 12.5 Å². The minimum absolute atomic E-state index is 0.0355. The van der Waals surface area contributed by atoms with Crippen molar-refractivity contribution in [1.82, 2.24) is 5.01 Å². The Labute approximate surface area is 161 Å². The molecule has 148 valence electrons. The first-order valence-corrected chi connectivity index (χ1v) is 8.20. The van der Waals surface area contributed by atoms with Crippen LogP contribution in [0.15, 0.2) is 46.6 Å². The van der Waals surface area contributed by atoms with E-state index in [9.17, 15) is 13.6 Å². The van der Waals surface area contributed by atoms with Gasteiger partial charge in [0.05, 0.1) is 5.69 Å². The summed E-state index contributed by atoms with van der Waals surface area (Å²) >= 11 is 5.91. The van der Waals surface area contributed by atoms with Crippen LogP contribution in [-0.2, 0) is 11.3 Å². The van der Waals surface area contributed by atoms with Crippen LogP contribution in [-0.4, -0.2) is 24.0 Å². The van der Waals surface area contributed by atoms with Crippen molar-refractivity contribution >= 4 is 29.2 Å². The highest BCUT2D eigenvalue weighted by molar-refractivity contribution is 6.30. The highest BCUT2D eigenvalue weighted by atomic mass is 35.5. The average molecular weight is 402 g/mol. The van der Waals surface area contributed by atoms with Gasteiger partial charge in [0.1, 0.15) is 11.8 Å². The lowest BCUT2D eigenvalue weighted by atomic mass is 10.1. The van der Waals surface area contributed by atoms with Gasteiger partial charge in [-0.1, -0.05) is 35.9 Å². The minimum atomic E-state index is -2.79. The molecule has 0 saturated carbocycles. The monoisotopic (exact) mass is 401 g/mol. The zero-order chi connectivity index (χ0) is 20.6. The van der Waals surface area contributed by atoms with Crippen molar-refractivity contribution in [2.45, 2.75) is 26.9 Å². The molecule has 1 aromatic carbocycles. The van der Waals surface area contributed by atoms with Gasteiger partial charge in [-0.15, -0.1) is 0 Å². The topological polar surface area (TPSA) is 97.2 Å². The molecule has 0 fully saturated rings. The van der Waals surface area contributed by atoms with Gasteiger partial charge < -0.3 is 4.74 Å². The summed E-state index contributed by atoms with van der Waals surface area (Å²) in [6.07, 6.45) is 2.20. The van der Waals surface area contributed by atoms with Crippen molar-refractivity contribution in [2.75, 3.05) is 12.1 Å². The van der Waals surface area contributed by atoms with Crippen LogP contribution < -0.4 is 16.7 Å². The number of anilines is 1. The number of aliphatic imine (C=N–C) groups is 1. The summed E-state index contributed by atoms with van der Waals surface area (Å²) in [5, 5.41) is 1.57. The van der Waals surface area contributed by atoms with Gasteiger partial charge in [-0.3, -0.25) is 5.01 Å². The number of amides is 2. The molecule has 4 N–H and O–H groups in total. The molecule has 0 radical (unpaired) electrons. The number of carbonyl (C=O) groups is 1. The van der Waals surface area contributed by atoms with E-state index >= 15 is 0 Å². The number of nitrogens with two attached hydrogens (primary N) is 2. The first-order valence-electron chi connectivity index (χ1n) is 7.82. The van der Waals surface area contributed by atoms with Crippen molar-refractivity contribution in [3.05, 3.63) is 52.7 Å². The second kappa shape index (κ2) is 10.6. The summed E-state index contributed by atoms with van der Waals surface area (Å²) in [5.74, 6) is 11.3. The lowest BCUT2D eigenvalue weighted by Crippen LogP contribution is -2.49. The second-order valence-corrected chi connectivity index (χ2v) is 5.73. The van der Waals surface area contributed by atoms with Gasteiger partial charge >= 0.3 is 6.03 Å². The summed E-state index contributed by atoms with van der Waals surface area (Å²) in [7, 11) is 1.28. The molecule has 10 heteroatoms. The number of allylic oxidation sites excluding steroid dienone is 3. The first kappa shape index (κ1) is 22.6. The van der Waals surface area contributed by atoms with Gasteiger partial charge in [0.25, 0.3) is 6.43 Å². The smallest absolute Gasteiger partial charge is 0.352 e. The fourth-order valence-electron chi connectivity index (χ4n) is 2.02. The van der Waals surface area contributed by atoms with Crippen molar-refractivity contribution in [3.8, 4) is 0 Å². The van der Waals surface area contributed by atoms with Crippen LogP contribution in [0.25, 0.3) is 0 Å². The number of rotatable bonds is 6. The van der Waals surface area contributed by atoms with E-state index in [2.05, 4.69) is 4.99 Å². The molecule has 0 aliphatic rings. The number of halogens is 3. The lowest BCUT2D eigenvalue weighted by Gasteiger charge is -2.24. The van der Waals surface area contributed by atoms with E-state index in [1.54, 1.807) is 18.2 Å². The number of alkyl halides is 2. The maximum Gasteiger partial charge on any atom is 0.352 e. The predicted molar refractivity (Wildman–Crippen MR) is 102 cm³/mol. The molecular weight excluding hydrogens is 380 g/mol. The third kappa shape index (κ3) is 6.63. The third-order valence-corrected chi connectivity index (χ3v) is 3.52. The summed E-state index contributed by atoms with van der Waals surface area (Å²) in [4.78, 5) is 16.0. The van der Waals surface area contributed by atoms with Crippen molar-refractivity contribution in [2.24, 2.45) is 16.7 Å². The SMILES string of the molecule is C/C=C\C=C(\Cl)N=C(C)OCc1c(C(F)F)cccc1N(N)C(=O)N(C)N. The fraction of sp³-hybridized carbons (Fsp3) is 0.294. The third-order valence-electron chi connectivity index (χ3n) is 3.31. The van der Waals surface area contributed by atoms with Gasteiger partial charge in [-0.25, -0.2) is 35.3 Å². The molecule has 7 nitrogen and oxygen atoms in total. The van der Waals surface area contributed by atoms with Gasteiger partial charge in [0.2, 0.25) is 0 Å². The molecule has 0 saturated heterocycles. The van der Waals surface area contributed by atoms with Crippen LogP contribution in [0.3, 0.4) is 0 Å². The molecule has 1 aromatic rings. The normalized spacial score (nSPS) is 12.6. The average Bonchev–Trinajstić information content (AvgIpc) is 2.62. The van der Waals surface area contributed by atoms with Crippen LogP contribution in [0.5, 0.6) is 0 Å². The molecular formula is C17H22ClF2N5O2. The number of hydrogen-bond donors (Lipinski definition) is 2. The van der Waals surface area contributed by atoms with Gasteiger partial charge in [-0.05, 0) is 19.1 Å². The number of nitrogens with zero attached hydrogens (tertiary/aromatic N) is 3. The Morgan fingerprint density at radius 2 is 2.07 bits per heavy atom.